The summed E-state index contributed by atoms with van der Waals surface area (Å²) >= 11 is 0. The summed E-state index contributed by atoms with van der Waals surface area (Å²) in [6.07, 6.45) is 3.26. The molecule has 0 bridgehead atoms. The summed E-state index contributed by atoms with van der Waals surface area (Å²) in [7, 11) is 0. The molecule has 0 radical (unpaired) electrons. The van der Waals surface area contributed by atoms with E-state index in [1.807, 2.05) is 91.9 Å². The van der Waals surface area contributed by atoms with Crippen molar-refractivity contribution >= 4 is 17.6 Å². The molecule has 1 N–H and O–H groups in total. The quantitative estimate of drug-likeness (QED) is 0.533. The molecule has 1 amide bonds. The molecule has 0 aromatic heterocycles. The zero-order chi connectivity index (χ0) is 20.5. The third-order valence-electron chi connectivity index (χ3n) is 4.83. The number of nitrogens with one attached hydrogen (secondary N) is 1. The Balaban J connectivity index is 2.12. The van der Waals surface area contributed by atoms with E-state index in [2.05, 4.69) is 11.4 Å². The minimum atomic E-state index is -1.14. The molecule has 3 aromatic rings. The van der Waals surface area contributed by atoms with Crippen molar-refractivity contribution in [2.45, 2.75) is 25.3 Å². The van der Waals surface area contributed by atoms with Crippen LogP contribution in [0, 0.1) is 11.3 Å². The Morgan fingerprint density at radius 2 is 1.41 bits per heavy atom. The number of benzene rings is 3. The molecule has 0 spiro atoms. The summed E-state index contributed by atoms with van der Waals surface area (Å²) in [6.45, 7) is 2.02. The molecule has 29 heavy (non-hydrogen) atoms. The third kappa shape index (κ3) is 4.80. The molecule has 3 rings (SSSR count). The molecule has 0 aliphatic heterocycles. The Kier molecular flexibility index (Phi) is 6.60. The van der Waals surface area contributed by atoms with Gasteiger partial charge in [-0.25, -0.2) is 0 Å². The van der Waals surface area contributed by atoms with Crippen molar-refractivity contribution < 1.29 is 4.79 Å². The van der Waals surface area contributed by atoms with E-state index in [9.17, 15) is 10.1 Å². The monoisotopic (exact) mass is 380 g/mol. The fourth-order valence-corrected chi connectivity index (χ4v) is 3.43. The second-order valence-electron chi connectivity index (χ2n) is 6.92. The van der Waals surface area contributed by atoms with Gasteiger partial charge in [-0.1, -0.05) is 92.2 Å². The van der Waals surface area contributed by atoms with E-state index < -0.39 is 5.54 Å². The van der Waals surface area contributed by atoms with E-state index in [0.29, 0.717) is 12.0 Å². The molecule has 0 saturated carbocycles. The number of carbonyl (C=O) groups excluding carboxylic acids is 1. The second kappa shape index (κ2) is 9.52. The summed E-state index contributed by atoms with van der Waals surface area (Å²) in [4.78, 5) is 13.0. The Hall–Kier alpha value is -3.64. The zero-order valence-corrected chi connectivity index (χ0v) is 16.5. The average molecular weight is 380 g/mol. The smallest absolute Gasteiger partial charge is 0.252 e. The highest BCUT2D eigenvalue weighted by Crippen LogP contribution is 2.33. The van der Waals surface area contributed by atoms with Crippen LogP contribution in [0.25, 0.3) is 11.6 Å². The molecule has 0 fully saturated rings. The number of nitriles is 1. The highest BCUT2D eigenvalue weighted by Gasteiger charge is 2.36. The molecule has 3 heteroatoms. The molecule has 1 atom stereocenters. The normalized spacial score (nSPS) is 13.2. The Bertz CT molecular complexity index is 1000. The van der Waals surface area contributed by atoms with Gasteiger partial charge in [-0.2, -0.15) is 5.26 Å². The van der Waals surface area contributed by atoms with Gasteiger partial charge in [0.15, 0.2) is 5.54 Å². The molecule has 0 heterocycles. The highest BCUT2D eigenvalue weighted by molar-refractivity contribution is 5.99. The highest BCUT2D eigenvalue weighted by atomic mass is 16.1. The zero-order valence-electron chi connectivity index (χ0n) is 16.5. The van der Waals surface area contributed by atoms with Crippen LogP contribution in [-0.2, 0) is 0 Å². The predicted octanol–water partition coefficient (Wildman–Crippen LogP) is 5.72. The second-order valence-corrected chi connectivity index (χ2v) is 6.92. The number of carbonyl (C=O) groups is 1. The van der Waals surface area contributed by atoms with Crippen LogP contribution in [-0.4, -0.2) is 11.4 Å². The Morgan fingerprint density at radius 3 is 1.93 bits per heavy atom. The van der Waals surface area contributed by atoms with E-state index >= 15 is 0 Å². The lowest BCUT2D eigenvalue weighted by Gasteiger charge is -2.31. The molecular formula is C26H24N2O. The average Bonchev–Trinajstić information content (AvgIpc) is 2.79. The van der Waals surface area contributed by atoms with Gasteiger partial charge in [0.25, 0.3) is 5.91 Å². The maximum absolute atomic E-state index is 13.0. The summed E-state index contributed by atoms with van der Waals surface area (Å²) < 4.78 is 0. The van der Waals surface area contributed by atoms with Crippen LogP contribution in [0.3, 0.4) is 0 Å². The van der Waals surface area contributed by atoms with Crippen molar-refractivity contribution in [3.05, 3.63) is 108 Å². The first-order valence-electron chi connectivity index (χ1n) is 9.80. The molecule has 0 aliphatic carbocycles. The number of rotatable bonds is 7. The van der Waals surface area contributed by atoms with Crippen LogP contribution >= 0.6 is 0 Å². The first-order chi connectivity index (χ1) is 14.2. The fraction of sp³-hybridized carbons (Fsp3) is 0.154. The Morgan fingerprint density at radius 1 is 0.897 bits per heavy atom. The van der Waals surface area contributed by atoms with Gasteiger partial charge in [0.1, 0.15) is 0 Å². The van der Waals surface area contributed by atoms with Crippen molar-refractivity contribution in [3.63, 3.8) is 0 Å². The van der Waals surface area contributed by atoms with Crippen LogP contribution < -0.4 is 5.32 Å². The molecule has 1 unspecified atom stereocenters. The molecule has 0 aliphatic rings. The van der Waals surface area contributed by atoms with Gasteiger partial charge in [-0.15, -0.1) is 0 Å². The van der Waals surface area contributed by atoms with Crippen molar-refractivity contribution in [2.24, 2.45) is 0 Å². The fourth-order valence-electron chi connectivity index (χ4n) is 3.43. The first-order valence-corrected chi connectivity index (χ1v) is 9.80. The molecule has 3 nitrogen and oxygen atoms in total. The van der Waals surface area contributed by atoms with Gasteiger partial charge in [0.2, 0.25) is 0 Å². The van der Waals surface area contributed by atoms with Crippen molar-refractivity contribution in [2.75, 3.05) is 0 Å². The molecule has 0 saturated heterocycles. The summed E-state index contributed by atoms with van der Waals surface area (Å²) in [5.74, 6) is -0.254. The predicted molar refractivity (Wildman–Crippen MR) is 118 cm³/mol. The van der Waals surface area contributed by atoms with Gasteiger partial charge in [0, 0.05) is 5.56 Å². The van der Waals surface area contributed by atoms with Gasteiger partial charge in [-0.3, -0.25) is 4.79 Å². The third-order valence-corrected chi connectivity index (χ3v) is 4.83. The number of amides is 1. The van der Waals surface area contributed by atoms with E-state index in [1.165, 1.54) is 0 Å². The topological polar surface area (TPSA) is 52.9 Å². The van der Waals surface area contributed by atoms with Crippen LogP contribution in [0.4, 0.5) is 0 Å². The van der Waals surface area contributed by atoms with Gasteiger partial charge in [-0.05, 0) is 41.3 Å². The standard InChI is InChI=1S/C26H24N2O/c1-2-18-26(20-27,28-25(29)23-16-10-5-11-17-23)24(22-14-8-4-9-15-22)19-21-12-6-3-7-13-21/h3-17,19H,2,18H2,1H3,(H,28,29)/b24-19+. The lowest BCUT2D eigenvalue weighted by atomic mass is 9.81. The molecule has 144 valence electrons. The summed E-state index contributed by atoms with van der Waals surface area (Å²) in [5, 5.41) is 13.4. The lowest BCUT2D eigenvalue weighted by molar-refractivity contribution is 0.0931. The van der Waals surface area contributed by atoms with E-state index in [4.69, 9.17) is 0 Å². The molecule has 3 aromatic carbocycles. The number of nitrogens with zero attached hydrogens (tertiary/aromatic N) is 1. The largest absolute Gasteiger partial charge is 0.330 e. The number of hydrogen-bond acceptors (Lipinski definition) is 2. The van der Waals surface area contributed by atoms with Crippen LogP contribution in [0.1, 0.15) is 41.3 Å². The maximum Gasteiger partial charge on any atom is 0.252 e. The lowest BCUT2D eigenvalue weighted by Crippen LogP contribution is -2.48. The van der Waals surface area contributed by atoms with Crippen molar-refractivity contribution in [1.29, 1.82) is 5.26 Å². The van der Waals surface area contributed by atoms with Crippen molar-refractivity contribution in [3.8, 4) is 6.07 Å². The van der Waals surface area contributed by atoms with Gasteiger partial charge >= 0.3 is 0 Å². The van der Waals surface area contributed by atoms with Gasteiger partial charge < -0.3 is 5.32 Å². The SMILES string of the molecule is CCCC(C#N)(NC(=O)c1ccccc1)/C(=C/c1ccccc1)c1ccccc1. The first kappa shape index (κ1) is 20.1. The van der Waals surface area contributed by atoms with Crippen LogP contribution in [0.5, 0.6) is 0 Å². The van der Waals surface area contributed by atoms with Gasteiger partial charge in [0.05, 0.1) is 6.07 Å². The minimum Gasteiger partial charge on any atom is -0.330 e. The summed E-state index contributed by atoms with van der Waals surface area (Å²) in [6, 6.07) is 31.1. The minimum absolute atomic E-state index is 0.254. The summed E-state index contributed by atoms with van der Waals surface area (Å²) in [5.41, 5.74) is 2.09. The van der Waals surface area contributed by atoms with E-state index in [-0.39, 0.29) is 5.91 Å². The number of hydrogen-bond donors (Lipinski definition) is 1. The van der Waals surface area contributed by atoms with Crippen LogP contribution in [0.2, 0.25) is 0 Å². The van der Waals surface area contributed by atoms with E-state index in [0.717, 1.165) is 23.1 Å². The Labute approximate surface area is 172 Å². The van der Waals surface area contributed by atoms with E-state index in [1.54, 1.807) is 12.1 Å². The van der Waals surface area contributed by atoms with Crippen LogP contribution in [0.15, 0.2) is 91.0 Å². The maximum atomic E-state index is 13.0. The molecular weight excluding hydrogens is 356 g/mol. The van der Waals surface area contributed by atoms with Crippen molar-refractivity contribution in [1.82, 2.24) is 5.32 Å².